The smallest absolute Gasteiger partial charge is 0.161 e. The zero-order valence-corrected chi connectivity index (χ0v) is 11.7. The Kier molecular flexibility index (Phi) is 3.92. The van der Waals surface area contributed by atoms with E-state index >= 15 is 0 Å². The number of hydrogen-bond acceptors (Lipinski definition) is 4. The minimum atomic E-state index is -0.114. The molecule has 1 N–H and O–H groups in total. The van der Waals surface area contributed by atoms with Crippen LogP contribution < -0.4 is 10.1 Å². The van der Waals surface area contributed by atoms with Crippen LogP contribution in [0.5, 0.6) is 5.75 Å². The highest BCUT2D eigenvalue weighted by atomic mass is 16.5. The van der Waals surface area contributed by atoms with Gasteiger partial charge in [-0.3, -0.25) is 4.68 Å². The molecule has 2 rings (SSSR count). The number of ether oxygens (including phenoxy) is 2. The molecule has 0 bridgehead atoms. The highest BCUT2D eigenvalue weighted by molar-refractivity contribution is 5.31. The number of nitrogens with one attached hydrogen (secondary N) is 1. The third-order valence-electron chi connectivity index (χ3n) is 3.98. The standard InChI is InChI=1S/C13H23N3O2/c1-5-14-12(13(18-4)7-6-8-13)11-10(17-3)9-15-16(11)2/h9,12,14H,5-8H2,1-4H3. The molecule has 1 aromatic rings. The molecule has 0 spiro atoms. The van der Waals surface area contributed by atoms with Gasteiger partial charge in [-0.05, 0) is 25.8 Å². The van der Waals surface area contributed by atoms with E-state index < -0.39 is 0 Å². The van der Waals surface area contributed by atoms with Crippen molar-refractivity contribution in [2.45, 2.75) is 37.8 Å². The van der Waals surface area contributed by atoms with E-state index in [-0.39, 0.29) is 11.6 Å². The van der Waals surface area contributed by atoms with Gasteiger partial charge in [0.25, 0.3) is 0 Å². The van der Waals surface area contributed by atoms with Gasteiger partial charge in [-0.1, -0.05) is 6.92 Å². The SMILES string of the molecule is CCNC(c1c(OC)cnn1C)C1(OC)CCC1. The summed E-state index contributed by atoms with van der Waals surface area (Å²) < 4.78 is 13.1. The van der Waals surface area contributed by atoms with E-state index in [0.29, 0.717) is 0 Å². The number of nitrogens with zero attached hydrogens (tertiary/aromatic N) is 2. The second-order valence-electron chi connectivity index (χ2n) is 4.83. The van der Waals surface area contributed by atoms with Gasteiger partial charge in [-0.2, -0.15) is 5.10 Å². The lowest BCUT2D eigenvalue weighted by molar-refractivity contribution is -0.101. The quantitative estimate of drug-likeness (QED) is 0.837. The summed E-state index contributed by atoms with van der Waals surface area (Å²) in [7, 11) is 5.43. The molecule has 1 atom stereocenters. The highest BCUT2D eigenvalue weighted by Crippen LogP contribution is 2.46. The van der Waals surface area contributed by atoms with Crippen molar-refractivity contribution in [2.75, 3.05) is 20.8 Å². The Morgan fingerprint density at radius 1 is 1.50 bits per heavy atom. The number of likely N-dealkylation sites (N-methyl/N-ethyl adjacent to an activating group) is 1. The van der Waals surface area contributed by atoms with Crippen molar-refractivity contribution < 1.29 is 9.47 Å². The first-order chi connectivity index (χ1) is 8.68. The predicted molar refractivity (Wildman–Crippen MR) is 69.8 cm³/mol. The molecule has 102 valence electrons. The van der Waals surface area contributed by atoms with Gasteiger partial charge >= 0.3 is 0 Å². The van der Waals surface area contributed by atoms with Crippen LogP contribution >= 0.6 is 0 Å². The molecule has 0 aromatic carbocycles. The van der Waals surface area contributed by atoms with Crippen molar-refractivity contribution in [1.29, 1.82) is 0 Å². The third kappa shape index (κ3) is 2.01. The number of aryl methyl sites for hydroxylation is 1. The molecule has 1 heterocycles. The minimum Gasteiger partial charge on any atom is -0.493 e. The lowest BCUT2D eigenvalue weighted by Gasteiger charge is -2.46. The Bertz CT molecular complexity index is 393. The van der Waals surface area contributed by atoms with Crippen LogP contribution in [0.4, 0.5) is 0 Å². The molecular formula is C13H23N3O2. The summed E-state index contributed by atoms with van der Waals surface area (Å²) in [5.41, 5.74) is 0.956. The molecule has 1 aromatic heterocycles. The van der Waals surface area contributed by atoms with Gasteiger partial charge < -0.3 is 14.8 Å². The maximum atomic E-state index is 5.81. The van der Waals surface area contributed by atoms with E-state index in [9.17, 15) is 0 Å². The molecule has 1 saturated carbocycles. The van der Waals surface area contributed by atoms with Crippen molar-refractivity contribution in [2.24, 2.45) is 7.05 Å². The summed E-state index contributed by atoms with van der Waals surface area (Å²) in [4.78, 5) is 0. The first-order valence-corrected chi connectivity index (χ1v) is 6.53. The monoisotopic (exact) mass is 253 g/mol. The van der Waals surface area contributed by atoms with E-state index in [1.165, 1.54) is 6.42 Å². The Balaban J connectivity index is 2.37. The van der Waals surface area contributed by atoms with Gasteiger partial charge in [0.05, 0.1) is 30.6 Å². The fourth-order valence-corrected chi connectivity index (χ4v) is 2.79. The summed E-state index contributed by atoms with van der Waals surface area (Å²) in [5.74, 6) is 0.826. The second kappa shape index (κ2) is 5.28. The van der Waals surface area contributed by atoms with Crippen molar-refractivity contribution in [3.05, 3.63) is 11.9 Å². The summed E-state index contributed by atoms with van der Waals surface area (Å²) in [6, 6.07) is 0.128. The molecule has 1 fully saturated rings. The van der Waals surface area contributed by atoms with Crippen LogP contribution in [0, 0.1) is 0 Å². The molecule has 0 aliphatic heterocycles. The van der Waals surface area contributed by atoms with Gasteiger partial charge in [-0.25, -0.2) is 0 Å². The molecule has 0 radical (unpaired) electrons. The fourth-order valence-electron chi connectivity index (χ4n) is 2.79. The van der Waals surface area contributed by atoms with Crippen LogP contribution in [-0.2, 0) is 11.8 Å². The fraction of sp³-hybridized carbons (Fsp3) is 0.769. The molecule has 1 aliphatic carbocycles. The lowest BCUT2D eigenvalue weighted by atomic mass is 9.73. The Morgan fingerprint density at radius 2 is 2.22 bits per heavy atom. The predicted octanol–water partition coefficient (Wildman–Crippen LogP) is 1.65. The number of hydrogen-bond donors (Lipinski definition) is 1. The largest absolute Gasteiger partial charge is 0.493 e. The Labute approximate surface area is 108 Å². The molecule has 0 saturated heterocycles. The number of rotatable bonds is 6. The molecule has 18 heavy (non-hydrogen) atoms. The van der Waals surface area contributed by atoms with Gasteiger partial charge in [-0.15, -0.1) is 0 Å². The van der Waals surface area contributed by atoms with Crippen LogP contribution in [0.3, 0.4) is 0 Å². The van der Waals surface area contributed by atoms with Crippen molar-refractivity contribution in [1.82, 2.24) is 15.1 Å². The summed E-state index contributed by atoms with van der Waals surface area (Å²) in [5, 5.41) is 7.82. The zero-order valence-electron chi connectivity index (χ0n) is 11.7. The Hall–Kier alpha value is -1.07. The van der Waals surface area contributed by atoms with E-state index in [1.54, 1.807) is 20.4 Å². The van der Waals surface area contributed by atoms with Crippen LogP contribution in [0.25, 0.3) is 0 Å². The molecule has 1 aliphatic rings. The van der Waals surface area contributed by atoms with Gasteiger partial charge in [0.1, 0.15) is 0 Å². The lowest BCUT2D eigenvalue weighted by Crippen LogP contribution is -2.51. The van der Waals surface area contributed by atoms with E-state index in [0.717, 1.165) is 30.8 Å². The van der Waals surface area contributed by atoms with Crippen molar-refractivity contribution in [3.8, 4) is 5.75 Å². The van der Waals surface area contributed by atoms with Crippen LogP contribution in [0.1, 0.15) is 37.9 Å². The molecule has 5 heteroatoms. The van der Waals surface area contributed by atoms with E-state index in [4.69, 9.17) is 9.47 Å². The van der Waals surface area contributed by atoms with Crippen LogP contribution in [-0.4, -0.2) is 36.1 Å². The minimum absolute atomic E-state index is 0.114. The summed E-state index contributed by atoms with van der Waals surface area (Å²) >= 11 is 0. The highest BCUT2D eigenvalue weighted by Gasteiger charge is 2.47. The van der Waals surface area contributed by atoms with Crippen molar-refractivity contribution >= 4 is 0 Å². The van der Waals surface area contributed by atoms with E-state index in [1.807, 2.05) is 11.7 Å². The first-order valence-electron chi connectivity index (χ1n) is 6.53. The maximum absolute atomic E-state index is 5.81. The first kappa shape index (κ1) is 13.4. The Morgan fingerprint density at radius 3 is 2.67 bits per heavy atom. The third-order valence-corrected chi connectivity index (χ3v) is 3.98. The van der Waals surface area contributed by atoms with Gasteiger partial charge in [0, 0.05) is 14.2 Å². The van der Waals surface area contributed by atoms with Crippen LogP contribution in [0.2, 0.25) is 0 Å². The number of methoxy groups -OCH3 is 2. The average molecular weight is 253 g/mol. The molecule has 5 nitrogen and oxygen atoms in total. The van der Waals surface area contributed by atoms with Crippen molar-refractivity contribution in [3.63, 3.8) is 0 Å². The summed E-state index contributed by atoms with van der Waals surface area (Å²) in [6.07, 6.45) is 5.14. The zero-order chi connectivity index (χ0) is 13.2. The average Bonchev–Trinajstić information content (AvgIpc) is 2.68. The maximum Gasteiger partial charge on any atom is 0.161 e. The normalized spacial score (nSPS) is 19.3. The molecule has 1 unspecified atom stereocenters. The second-order valence-corrected chi connectivity index (χ2v) is 4.83. The molecule has 0 amide bonds. The number of aromatic nitrogens is 2. The topological polar surface area (TPSA) is 48.3 Å². The van der Waals surface area contributed by atoms with E-state index in [2.05, 4.69) is 17.3 Å². The van der Waals surface area contributed by atoms with Crippen LogP contribution in [0.15, 0.2) is 6.20 Å². The van der Waals surface area contributed by atoms with Gasteiger partial charge in [0.15, 0.2) is 5.75 Å². The van der Waals surface area contributed by atoms with Gasteiger partial charge in [0.2, 0.25) is 0 Å². The summed E-state index contributed by atoms with van der Waals surface area (Å²) in [6.45, 7) is 3.00. The molecular weight excluding hydrogens is 230 g/mol.